The maximum Gasteiger partial charge on any atom is 0.326 e. The molecule has 6 heteroatoms. The quantitative estimate of drug-likeness (QED) is 0.759. The molecule has 1 aromatic heterocycles. The SMILES string of the molecule is CCC(C)C(NC(=O)Nc1cncc(C)c1)C(=O)O. The van der Waals surface area contributed by atoms with Crippen molar-refractivity contribution >= 4 is 17.7 Å². The summed E-state index contributed by atoms with van der Waals surface area (Å²) in [5.41, 5.74) is 1.44. The lowest BCUT2D eigenvalue weighted by Gasteiger charge is -2.20. The number of aromatic nitrogens is 1. The number of carbonyl (C=O) groups excluding carboxylic acids is 1. The van der Waals surface area contributed by atoms with Crippen LogP contribution in [0, 0.1) is 12.8 Å². The number of hydrogen-bond donors (Lipinski definition) is 3. The van der Waals surface area contributed by atoms with Gasteiger partial charge in [0.05, 0.1) is 11.9 Å². The molecule has 1 aromatic rings. The van der Waals surface area contributed by atoms with Crippen LogP contribution in [0.5, 0.6) is 0 Å². The molecule has 0 fully saturated rings. The van der Waals surface area contributed by atoms with Gasteiger partial charge in [-0.3, -0.25) is 4.98 Å². The predicted octanol–water partition coefficient (Wildman–Crippen LogP) is 2.01. The van der Waals surface area contributed by atoms with Gasteiger partial charge in [0.15, 0.2) is 0 Å². The Kier molecular flexibility index (Phi) is 5.29. The molecule has 1 rings (SSSR count). The van der Waals surface area contributed by atoms with Crippen molar-refractivity contribution in [3.63, 3.8) is 0 Å². The number of carboxylic acids is 1. The predicted molar refractivity (Wildman–Crippen MR) is 72.0 cm³/mol. The summed E-state index contributed by atoms with van der Waals surface area (Å²) in [6, 6.07) is 0.314. The van der Waals surface area contributed by atoms with Crippen molar-refractivity contribution in [3.8, 4) is 0 Å². The van der Waals surface area contributed by atoms with Crippen molar-refractivity contribution in [2.75, 3.05) is 5.32 Å². The van der Waals surface area contributed by atoms with Gasteiger partial charge in [0.2, 0.25) is 0 Å². The summed E-state index contributed by atoms with van der Waals surface area (Å²) in [5, 5.41) is 14.1. The summed E-state index contributed by atoms with van der Waals surface area (Å²) >= 11 is 0. The number of nitrogens with zero attached hydrogens (tertiary/aromatic N) is 1. The molecule has 0 bridgehead atoms. The summed E-state index contributed by atoms with van der Waals surface area (Å²) in [7, 11) is 0. The van der Waals surface area contributed by atoms with E-state index in [9.17, 15) is 9.59 Å². The average Bonchev–Trinajstić information content (AvgIpc) is 2.34. The van der Waals surface area contributed by atoms with E-state index in [0.717, 1.165) is 5.56 Å². The smallest absolute Gasteiger partial charge is 0.326 e. The molecule has 3 N–H and O–H groups in total. The first kappa shape index (κ1) is 14.9. The highest BCUT2D eigenvalue weighted by molar-refractivity contribution is 5.92. The normalized spacial score (nSPS) is 13.4. The summed E-state index contributed by atoms with van der Waals surface area (Å²) < 4.78 is 0. The Hall–Kier alpha value is -2.11. The minimum atomic E-state index is -1.04. The molecule has 0 aliphatic carbocycles. The molecule has 0 aromatic carbocycles. The zero-order chi connectivity index (χ0) is 14.4. The van der Waals surface area contributed by atoms with E-state index in [-0.39, 0.29) is 5.92 Å². The monoisotopic (exact) mass is 265 g/mol. The molecule has 1 heterocycles. The first-order valence-electron chi connectivity index (χ1n) is 6.16. The molecule has 2 amide bonds. The van der Waals surface area contributed by atoms with Crippen LogP contribution in [0.1, 0.15) is 25.8 Å². The third kappa shape index (κ3) is 4.57. The number of amides is 2. The second kappa shape index (κ2) is 6.72. The lowest BCUT2D eigenvalue weighted by atomic mass is 9.99. The highest BCUT2D eigenvalue weighted by atomic mass is 16.4. The molecule has 0 spiro atoms. The van der Waals surface area contributed by atoms with E-state index in [0.29, 0.717) is 12.1 Å². The highest BCUT2D eigenvalue weighted by Crippen LogP contribution is 2.10. The van der Waals surface area contributed by atoms with E-state index in [4.69, 9.17) is 5.11 Å². The number of hydrogen-bond acceptors (Lipinski definition) is 3. The summed E-state index contributed by atoms with van der Waals surface area (Å²) in [6.07, 6.45) is 3.84. The molecule has 0 saturated carbocycles. The Morgan fingerprint density at radius 2 is 2.11 bits per heavy atom. The maximum atomic E-state index is 11.7. The van der Waals surface area contributed by atoms with Gasteiger partial charge in [0.25, 0.3) is 0 Å². The van der Waals surface area contributed by atoms with Crippen LogP contribution in [0.4, 0.5) is 10.5 Å². The van der Waals surface area contributed by atoms with E-state index in [1.165, 1.54) is 6.20 Å². The number of carbonyl (C=O) groups is 2. The molecule has 0 radical (unpaired) electrons. The van der Waals surface area contributed by atoms with Crippen LogP contribution >= 0.6 is 0 Å². The van der Waals surface area contributed by atoms with E-state index in [2.05, 4.69) is 15.6 Å². The fourth-order valence-corrected chi connectivity index (χ4v) is 1.61. The van der Waals surface area contributed by atoms with Gasteiger partial charge in [-0.15, -0.1) is 0 Å². The van der Waals surface area contributed by atoms with Crippen molar-refractivity contribution in [2.45, 2.75) is 33.2 Å². The lowest BCUT2D eigenvalue weighted by Crippen LogP contribution is -2.46. The zero-order valence-electron chi connectivity index (χ0n) is 11.3. The van der Waals surface area contributed by atoms with Gasteiger partial charge < -0.3 is 15.7 Å². The molecule has 104 valence electrons. The van der Waals surface area contributed by atoms with Crippen molar-refractivity contribution < 1.29 is 14.7 Å². The van der Waals surface area contributed by atoms with Gasteiger partial charge in [-0.05, 0) is 24.5 Å². The van der Waals surface area contributed by atoms with Crippen LogP contribution in [0.2, 0.25) is 0 Å². The number of rotatable bonds is 5. The highest BCUT2D eigenvalue weighted by Gasteiger charge is 2.25. The van der Waals surface area contributed by atoms with E-state index >= 15 is 0 Å². The number of urea groups is 1. The fraction of sp³-hybridized carbons (Fsp3) is 0.462. The minimum Gasteiger partial charge on any atom is -0.480 e. The minimum absolute atomic E-state index is 0.140. The average molecular weight is 265 g/mol. The fourth-order valence-electron chi connectivity index (χ4n) is 1.61. The summed E-state index contributed by atoms with van der Waals surface area (Å²) in [5.74, 6) is -1.18. The van der Waals surface area contributed by atoms with Crippen molar-refractivity contribution in [2.24, 2.45) is 5.92 Å². The Morgan fingerprint density at radius 3 is 2.63 bits per heavy atom. The van der Waals surface area contributed by atoms with Crippen LogP contribution in [0.15, 0.2) is 18.5 Å². The van der Waals surface area contributed by atoms with E-state index < -0.39 is 18.0 Å². The molecule has 2 unspecified atom stereocenters. The van der Waals surface area contributed by atoms with Crippen LogP contribution in [-0.2, 0) is 4.79 Å². The number of carboxylic acid groups (broad SMARTS) is 1. The Labute approximate surface area is 112 Å². The molecular weight excluding hydrogens is 246 g/mol. The standard InChI is InChI=1S/C13H19N3O3/c1-4-9(3)11(12(17)18)16-13(19)15-10-5-8(2)6-14-7-10/h5-7,9,11H,4H2,1-3H3,(H,17,18)(H2,15,16,19). The second-order valence-electron chi connectivity index (χ2n) is 4.55. The third-order valence-electron chi connectivity index (χ3n) is 2.90. The molecule has 0 saturated heterocycles. The first-order chi connectivity index (χ1) is 8.93. The largest absolute Gasteiger partial charge is 0.480 e. The third-order valence-corrected chi connectivity index (χ3v) is 2.90. The zero-order valence-corrected chi connectivity index (χ0v) is 11.3. The van der Waals surface area contributed by atoms with Crippen molar-refractivity contribution in [1.82, 2.24) is 10.3 Å². The first-order valence-corrected chi connectivity index (χ1v) is 6.16. The molecule has 6 nitrogen and oxygen atoms in total. The Balaban J connectivity index is 2.65. The van der Waals surface area contributed by atoms with E-state index in [1.54, 1.807) is 19.2 Å². The topological polar surface area (TPSA) is 91.3 Å². The van der Waals surface area contributed by atoms with Gasteiger partial charge >= 0.3 is 12.0 Å². The number of nitrogens with one attached hydrogen (secondary N) is 2. The number of aryl methyl sites for hydroxylation is 1. The summed E-state index contributed by atoms with van der Waals surface area (Å²) in [4.78, 5) is 26.8. The molecule has 2 atom stereocenters. The van der Waals surface area contributed by atoms with Crippen LogP contribution in [0.3, 0.4) is 0 Å². The van der Waals surface area contributed by atoms with Crippen molar-refractivity contribution in [3.05, 3.63) is 24.0 Å². The number of aliphatic carboxylic acids is 1. The maximum absolute atomic E-state index is 11.7. The van der Waals surface area contributed by atoms with Gasteiger partial charge in [0, 0.05) is 6.20 Å². The number of anilines is 1. The van der Waals surface area contributed by atoms with Gasteiger partial charge in [-0.25, -0.2) is 9.59 Å². The summed E-state index contributed by atoms with van der Waals surface area (Å²) in [6.45, 7) is 5.52. The molecule has 0 aliphatic heterocycles. The molecule has 0 aliphatic rings. The van der Waals surface area contributed by atoms with E-state index in [1.807, 2.05) is 13.8 Å². The second-order valence-corrected chi connectivity index (χ2v) is 4.55. The van der Waals surface area contributed by atoms with Crippen LogP contribution in [0.25, 0.3) is 0 Å². The van der Waals surface area contributed by atoms with Crippen LogP contribution < -0.4 is 10.6 Å². The van der Waals surface area contributed by atoms with Gasteiger partial charge in [0.1, 0.15) is 6.04 Å². The molecule has 19 heavy (non-hydrogen) atoms. The molecular formula is C13H19N3O3. The van der Waals surface area contributed by atoms with Gasteiger partial charge in [-0.2, -0.15) is 0 Å². The Bertz CT molecular complexity index is 462. The number of pyridine rings is 1. The lowest BCUT2D eigenvalue weighted by molar-refractivity contribution is -0.140. The van der Waals surface area contributed by atoms with Gasteiger partial charge in [-0.1, -0.05) is 20.3 Å². The Morgan fingerprint density at radius 1 is 1.42 bits per heavy atom. The van der Waals surface area contributed by atoms with Crippen LogP contribution in [-0.4, -0.2) is 28.1 Å². The van der Waals surface area contributed by atoms with Crippen molar-refractivity contribution in [1.29, 1.82) is 0 Å².